The highest BCUT2D eigenvalue weighted by Crippen LogP contribution is 2.42. The van der Waals surface area contributed by atoms with E-state index in [2.05, 4.69) is 5.10 Å². The van der Waals surface area contributed by atoms with Crippen molar-refractivity contribution in [1.82, 2.24) is 9.78 Å². The SMILES string of the molecule is Cn1nccc1C(=O)C1CCOC2(CCCC2)C1. The fourth-order valence-electron chi connectivity index (χ4n) is 3.44. The number of ketones is 1. The standard InChI is InChI=1S/C14H20N2O2/c1-16-12(4-8-15-16)13(17)11-5-9-18-14(10-11)6-2-3-7-14/h4,8,11H,2-3,5-7,9-10H2,1H3. The molecule has 3 rings (SSSR count). The number of carbonyl (C=O) groups excluding carboxylic acids is 1. The molecule has 1 saturated heterocycles. The van der Waals surface area contributed by atoms with Gasteiger partial charge in [0, 0.05) is 25.8 Å². The van der Waals surface area contributed by atoms with Crippen LogP contribution in [0.4, 0.5) is 0 Å². The predicted molar refractivity (Wildman–Crippen MR) is 67.4 cm³/mol. The van der Waals surface area contributed by atoms with Crippen LogP contribution in [0, 0.1) is 5.92 Å². The Morgan fingerprint density at radius 3 is 2.94 bits per heavy atom. The molecule has 1 aromatic heterocycles. The summed E-state index contributed by atoms with van der Waals surface area (Å²) < 4.78 is 7.66. The van der Waals surface area contributed by atoms with Gasteiger partial charge in [-0.3, -0.25) is 9.48 Å². The van der Waals surface area contributed by atoms with Crippen molar-refractivity contribution in [3.8, 4) is 0 Å². The van der Waals surface area contributed by atoms with Crippen molar-refractivity contribution in [1.29, 1.82) is 0 Å². The highest BCUT2D eigenvalue weighted by atomic mass is 16.5. The first kappa shape index (κ1) is 11.9. The molecule has 1 saturated carbocycles. The van der Waals surface area contributed by atoms with Gasteiger partial charge in [0.15, 0.2) is 5.78 Å². The summed E-state index contributed by atoms with van der Waals surface area (Å²) in [4.78, 5) is 12.5. The lowest BCUT2D eigenvalue weighted by molar-refractivity contribution is -0.0867. The van der Waals surface area contributed by atoms with Crippen molar-refractivity contribution >= 4 is 5.78 Å². The van der Waals surface area contributed by atoms with E-state index in [-0.39, 0.29) is 17.3 Å². The molecule has 1 unspecified atom stereocenters. The monoisotopic (exact) mass is 248 g/mol. The molecule has 0 N–H and O–H groups in total. The average Bonchev–Trinajstić information content (AvgIpc) is 2.98. The third-order valence-corrected chi connectivity index (χ3v) is 4.45. The Morgan fingerprint density at radius 1 is 1.50 bits per heavy atom. The Labute approximate surface area is 107 Å². The second-order valence-electron chi connectivity index (χ2n) is 5.63. The van der Waals surface area contributed by atoms with Crippen LogP contribution in [0.1, 0.15) is 49.0 Å². The maximum atomic E-state index is 12.5. The van der Waals surface area contributed by atoms with Crippen LogP contribution >= 0.6 is 0 Å². The van der Waals surface area contributed by atoms with Crippen molar-refractivity contribution in [2.24, 2.45) is 13.0 Å². The molecule has 2 heterocycles. The molecule has 1 aliphatic heterocycles. The number of nitrogens with zero attached hydrogens (tertiary/aromatic N) is 2. The van der Waals surface area contributed by atoms with E-state index < -0.39 is 0 Å². The molecule has 4 nitrogen and oxygen atoms in total. The van der Waals surface area contributed by atoms with Gasteiger partial charge in [-0.05, 0) is 31.7 Å². The molecular weight excluding hydrogens is 228 g/mol. The van der Waals surface area contributed by atoms with E-state index in [0.29, 0.717) is 0 Å². The lowest BCUT2D eigenvalue weighted by Gasteiger charge is -2.37. The molecule has 18 heavy (non-hydrogen) atoms. The van der Waals surface area contributed by atoms with E-state index in [1.165, 1.54) is 12.8 Å². The highest BCUT2D eigenvalue weighted by molar-refractivity contribution is 5.96. The van der Waals surface area contributed by atoms with Crippen LogP contribution in [-0.4, -0.2) is 27.8 Å². The zero-order valence-corrected chi connectivity index (χ0v) is 10.9. The summed E-state index contributed by atoms with van der Waals surface area (Å²) in [7, 11) is 1.83. The first-order valence-corrected chi connectivity index (χ1v) is 6.86. The van der Waals surface area contributed by atoms with Crippen LogP contribution < -0.4 is 0 Å². The smallest absolute Gasteiger partial charge is 0.184 e. The third kappa shape index (κ3) is 1.99. The summed E-state index contributed by atoms with van der Waals surface area (Å²) >= 11 is 0. The molecule has 2 aliphatic rings. The summed E-state index contributed by atoms with van der Waals surface area (Å²) in [5.74, 6) is 0.358. The Balaban J connectivity index is 1.76. The molecule has 4 heteroatoms. The Bertz CT molecular complexity index is 446. The first-order chi connectivity index (χ1) is 8.70. The van der Waals surface area contributed by atoms with Gasteiger partial charge in [-0.25, -0.2) is 0 Å². The molecule has 0 aromatic carbocycles. The van der Waals surface area contributed by atoms with Gasteiger partial charge in [-0.15, -0.1) is 0 Å². The van der Waals surface area contributed by atoms with E-state index in [1.807, 2.05) is 13.1 Å². The van der Waals surface area contributed by atoms with Crippen LogP contribution in [0.15, 0.2) is 12.3 Å². The van der Waals surface area contributed by atoms with Gasteiger partial charge in [0.25, 0.3) is 0 Å². The average molecular weight is 248 g/mol. The van der Waals surface area contributed by atoms with Crippen LogP contribution in [0.2, 0.25) is 0 Å². The van der Waals surface area contributed by atoms with Crippen molar-refractivity contribution in [2.45, 2.75) is 44.1 Å². The van der Waals surface area contributed by atoms with Gasteiger partial charge in [-0.2, -0.15) is 5.10 Å². The molecule has 0 amide bonds. The van der Waals surface area contributed by atoms with Crippen LogP contribution in [0.5, 0.6) is 0 Å². The molecule has 1 atom stereocenters. The van der Waals surface area contributed by atoms with Gasteiger partial charge < -0.3 is 4.74 Å². The van der Waals surface area contributed by atoms with Crippen LogP contribution in [0.3, 0.4) is 0 Å². The largest absolute Gasteiger partial charge is 0.375 e. The number of carbonyl (C=O) groups is 1. The fourth-order valence-corrected chi connectivity index (χ4v) is 3.44. The summed E-state index contributed by atoms with van der Waals surface area (Å²) in [5.41, 5.74) is 0.743. The number of rotatable bonds is 2. The zero-order chi connectivity index (χ0) is 12.6. The second-order valence-corrected chi connectivity index (χ2v) is 5.63. The lowest BCUT2D eigenvalue weighted by Crippen LogP contribution is -2.40. The zero-order valence-electron chi connectivity index (χ0n) is 10.9. The molecule has 98 valence electrons. The number of hydrogen-bond acceptors (Lipinski definition) is 3. The van der Waals surface area contributed by atoms with E-state index in [4.69, 9.17) is 4.74 Å². The summed E-state index contributed by atoms with van der Waals surface area (Å²) in [6.07, 6.45) is 8.18. The molecule has 1 aliphatic carbocycles. The Hall–Kier alpha value is -1.16. The molecule has 0 radical (unpaired) electrons. The first-order valence-electron chi connectivity index (χ1n) is 6.86. The van der Waals surface area contributed by atoms with E-state index in [0.717, 1.165) is 38.0 Å². The quantitative estimate of drug-likeness (QED) is 0.755. The Morgan fingerprint density at radius 2 is 2.28 bits per heavy atom. The molecule has 1 spiro atoms. The Kier molecular flexibility index (Phi) is 2.98. The van der Waals surface area contributed by atoms with E-state index >= 15 is 0 Å². The minimum Gasteiger partial charge on any atom is -0.375 e. The lowest BCUT2D eigenvalue weighted by atomic mass is 9.81. The topological polar surface area (TPSA) is 44.1 Å². The molecule has 2 fully saturated rings. The number of ether oxygens (including phenoxy) is 1. The minimum atomic E-state index is 0.0111. The van der Waals surface area contributed by atoms with E-state index in [1.54, 1.807) is 10.9 Å². The van der Waals surface area contributed by atoms with Crippen LogP contribution in [-0.2, 0) is 11.8 Å². The van der Waals surface area contributed by atoms with Gasteiger partial charge >= 0.3 is 0 Å². The molecule has 0 bridgehead atoms. The predicted octanol–water partition coefficient (Wildman–Crippen LogP) is 2.34. The maximum Gasteiger partial charge on any atom is 0.184 e. The van der Waals surface area contributed by atoms with Gasteiger partial charge in [-0.1, -0.05) is 12.8 Å². The summed E-state index contributed by atoms with van der Waals surface area (Å²) in [6, 6.07) is 1.82. The van der Waals surface area contributed by atoms with Crippen molar-refractivity contribution in [2.75, 3.05) is 6.61 Å². The number of hydrogen-bond donors (Lipinski definition) is 0. The second kappa shape index (κ2) is 4.50. The normalized spacial score (nSPS) is 26.6. The summed E-state index contributed by atoms with van der Waals surface area (Å²) in [5, 5.41) is 4.09. The minimum absolute atomic E-state index is 0.0111. The molecular formula is C14H20N2O2. The third-order valence-electron chi connectivity index (χ3n) is 4.45. The van der Waals surface area contributed by atoms with Crippen molar-refractivity contribution < 1.29 is 9.53 Å². The number of Topliss-reactive ketones (excluding diaryl/α,β-unsaturated/α-hetero) is 1. The summed E-state index contributed by atoms with van der Waals surface area (Å²) in [6.45, 7) is 0.730. The van der Waals surface area contributed by atoms with Gasteiger partial charge in [0.05, 0.1) is 5.60 Å². The van der Waals surface area contributed by atoms with Crippen molar-refractivity contribution in [3.63, 3.8) is 0 Å². The van der Waals surface area contributed by atoms with Crippen LogP contribution in [0.25, 0.3) is 0 Å². The number of aromatic nitrogens is 2. The molecule has 1 aromatic rings. The number of aryl methyl sites for hydroxylation is 1. The van der Waals surface area contributed by atoms with Gasteiger partial charge in [0.2, 0.25) is 0 Å². The maximum absolute atomic E-state index is 12.5. The van der Waals surface area contributed by atoms with Crippen molar-refractivity contribution in [3.05, 3.63) is 18.0 Å². The van der Waals surface area contributed by atoms with Gasteiger partial charge in [0.1, 0.15) is 5.69 Å². The van der Waals surface area contributed by atoms with E-state index in [9.17, 15) is 4.79 Å². The fraction of sp³-hybridized carbons (Fsp3) is 0.714. The highest BCUT2D eigenvalue weighted by Gasteiger charge is 2.42.